The average molecular weight is 301 g/mol. The lowest BCUT2D eigenvalue weighted by atomic mass is 10.3. The lowest BCUT2D eigenvalue weighted by Crippen LogP contribution is -2.07. The summed E-state index contributed by atoms with van der Waals surface area (Å²) in [6, 6.07) is 3.82. The third kappa shape index (κ3) is 1.98. The number of anilines is 1. The average Bonchev–Trinajstić information content (AvgIpc) is 2.56. The van der Waals surface area contributed by atoms with Crippen LogP contribution in [0.3, 0.4) is 0 Å². The third-order valence-electron chi connectivity index (χ3n) is 1.61. The molecule has 14 heavy (non-hydrogen) atoms. The smallest absolute Gasteiger partial charge is 0.422 e. The second-order valence-electron chi connectivity index (χ2n) is 2.58. The van der Waals surface area contributed by atoms with E-state index in [4.69, 9.17) is 4.65 Å². The van der Waals surface area contributed by atoms with Crippen molar-refractivity contribution in [3.05, 3.63) is 22.0 Å². The first-order chi connectivity index (χ1) is 6.79. The maximum atomic E-state index is 4.76. The highest BCUT2D eigenvalue weighted by Gasteiger charge is 2.02. The predicted octanol–water partition coefficient (Wildman–Crippen LogP) is 0.926. The SMILES string of the molecule is CO[B]Nc1cn2nc(I)ccc2n1. The van der Waals surface area contributed by atoms with Crippen LogP contribution >= 0.6 is 22.6 Å². The molecule has 0 amide bonds. The molecule has 2 heterocycles. The van der Waals surface area contributed by atoms with Gasteiger partial charge in [0.1, 0.15) is 9.52 Å². The van der Waals surface area contributed by atoms with E-state index in [1.807, 2.05) is 12.1 Å². The molecule has 1 radical (unpaired) electrons. The molecule has 5 nitrogen and oxygen atoms in total. The van der Waals surface area contributed by atoms with Gasteiger partial charge in [-0.3, -0.25) is 0 Å². The Balaban J connectivity index is 2.32. The van der Waals surface area contributed by atoms with E-state index in [1.165, 1.54) is 7.62 Å². The summed E-state index contributed by atoms with van der Waals surface area (Å²) >= 11 is 2.15. The summed E-state index contributed by atoms with van der Waals surface area (Å²) in [5.74, 6) is 0.710. The molecule has 0 saturated heterocycles. The van der Waals surface area contributed by atoms with Crippen molar-refractivity contribution >= 4 is 41.7 Å². The van der Waals surface area contributed by atoms with Gasteiger partial charge in [-0.2, -0.15) is 5.10 Å². The normalized spacial score (nSPS) is 10.4. The summed E-state index contributed by atoms with van der Waals surface area (Å²) < 4.78 is 7.40. The van der Waals surface area contributed by atoms with Crippen LogP contribution in [0.15, 0.2) is 18.3 Å². The van der Waals surface area contributed by atoms with Crippen LogP contribution in [0.25, 0.3) is 5.65 Å². The van der Waals surface area contributed by atoms with Crippen LogP contribution in [0.1, 0.15) is 0 Å². The van der Waals surface area contributed by atoms with Gasteiger partial charge in [0.05, 0.1) is 6.20 Å². The quantitative estimate of drug-likeness (QED) is 0.677. The zero-order valence-corrected chi connectivity index (χ0v) is 9.59. The minimum absolute atomic E-state index is 0.710. The lowest BCUT2D eigenvalue weighted by Gasteiger charge is -1.94. The minimum Gasteiger partial charge on any atom is -0.422 e. The largest absolute Gasteiger partial charge is 0.437 e. The van der Waals surface area contributed by atoms with Crippen LogP contribution in [0.5, 0.6) is 0 Å². The Labute approximate surface area is 95.3 Å². The highest BCUT2D eigenvalue weighted by Crippen LogP contribution is 2.09. The van der Waals surface area contributed by atoms with Gasteiger partial charge in [0.2, 0.25) is 0 Å². The van der Waals surface area contributed by atoms with Crippen molar-refractivity contribution < 1.29 is 4.65 Å². The van der Waals surface area contributed by atoms with E-state index in [-0.39, 0.29) is 0 Å². The minimum atomic E-state index is 0.710. The molecule has 71 valence electrons. The van der Waals surface area contributed by atoms with Crippen molar-refractivity contribution in [1.82, 2.24) is 14.6 Å². The van der Waals surface area contributed by atoms with Gasteiger partial charge in [0, 0.05) is 7.11 Å². The molecule has 0 bridgehead atoms. The van der Waals surface area contributed by atoms with Crippen molar-refractivity contribution in [3.63, 3.8) is 0 Å². The molecule has 2 rings (SSSR count). The van der Waals surface area contributed by atoms with E-state index < -0.39 is 0 Å². The van der Waals surface area contributed by atoms with Gasteiger partial charge in [-0.1, -0.05) is 0 Å². The van der Waals surface area contributed by atoms with E-state index in [0.29, 0.717) is 5.82 Å². The fraction of sp³-hybridized carbons (Fsp3) is 0.143. The van der Waals surface area contributed by atoms with E-state index in [2.05, 4.69) is 37.9 Å². The molecule has 2 aromatic rings. The summed E-state index contributed by atoms with van der Waals surface area (Å²) in [5.41, 5.74) is 0.803. The van der Waals surface area contributed by atoms with Gasteiger partial charge in [0.15, 0.2) is 5.65 Å². The Morgan fingerprint density at radius 1 is 1.57 bits per heavy atom. The Morgan fingerprint density at radius 2 is 2.43 bits per heavy atom. The number of nitrogens with one attached hydrogen (secondary N) is 1. The molecule has 0 saturated carbocycles. The summed E-state index contributed by atoms with van der Waals surface area (Å²) in [6.07, 6.45) is 1.80. The van der Waals surface area contributed by atoms with Crippen LogP contribution < -0.4 is 5.23 Å². The van der Waals surface area contributed by atoms with Crippen molar-refractivity contribution in [2.75, 3.05) is 12.3 Å². The van der Waals surface area contributed by atoms with E-state index in [9.17, 15) is 0 Å². The summed E-state index contributed by atoms with van der Waals surface area (Å²) in [7, 11) is 3.04. The van der Waals surface area contributed by atoms with Crippen LogP contribution in [0.4, 0.5) is 5.82 Å². The summed E-state index contributed by atoms with van der Waals surface area (Å²) in [5, 5.41) is 7.13. The zero-order chi connectivity index (χ0) is 9.97. The number of imidazole rings is 1. The molecular formula is C7H7BIN4O. The molecule has 1 N–H and O–H groups in total. The van der Waals surface area contributed by atoms with Gasteiger partial charge in [-0.05, 0) is 34.7 Å². The van der Waals surface area contributed by atoms with E-state index >= 15 is 0 Å². The van der Waals surface area contributed by atoms with Gasteiger partial charge in [-0.15, -0.1) is 0 Å². The molecule has 0 fully saturated rings. The molecule has 0 aliphatic rings. The van der Waals surface area contributed by atoms with E-state index in [1.54, 1.807) is 17.8 Å². The zero-order valence-electron chi connectivity index (χ0n) is 7.44. The van der Waals surface area contributed by atoms with Crippen LogP contribution in [0, 0.1) is 3.70 Å². The summed E-state index contributed by atoms with van der Waals surface area (Å²) in [6.45, 7) is 0. The van der Waals surface area contributed by atoms with Crippen LogP contribution in [-0.4, -0.2) is 29.3 Å². The maximum absolute atomic E-state index is 4.76. The Morgan fingerprint density at radius 3 is 3.21 bits per heavy atom. The van der Waals surface area contributed by atoms with Crippen molar-refractivity contribution in [3.8, 4) is 0 Å². The van der Waals surface area contributed by atoms with Crippen molar-refractivity contribution in [2.24, 2.45) is 0 Å². The Hall–Kier alpha value is -0.825. The maximum Gasteiger partial charge on any atom is 0.437 e. The number of hydrogen-bond donors (Lipinski definition) is 1. The van der Waals surface area contributed by atoms with Crippen molar-refractivity contribution in [1.29, 1.82) is 0 Å². The van der Waals surface area contributed by atoms with Gasteiger partial charge in [-0.25, -0.2) is 9.50 Å². The molecule has 0 aliphatic carbocycles. The van der Waals surface area contributed by atoms with E-state index in [0.717, 1.165) is 9.35 Å². The van der Waals surface area contributed by atoms with Crippen molar-refractivity contribution in [2.45, 2.75) is 0 Å². The Kier molecular flexibility index (Phi) is 2.87. The predicted molar refractivity (Wildman–Crippen MR) is 62.1 cm³/mol. The number of halogens is 1. The monoisotopic (exact) mass is 301 g/mol. The highest BCUT2D eigenvalue weighted by atomic mass is 127. The molecule has 0 spiro atoms. The molecular weight excluding hydrogens is 294 g/mol. The second-order valence-corrected chi connectivity index (χ2v) is 3.69. The van der Waals surface area contributed by atoms with Gasteiger partial charge >= 0.3 is 7.62 Å². The standard InChI is InChI=1S/C7H7BIN4O/c1-14-8-11-6-4-13-7(10-6)3-2-5(9)12-13/h2-4,11H,1H3. The summed E-state index contributed by atoms with van der Waals surface area (Å²) in [4.78, 5) is 4.27. The fourth-order valence-electron chi connectivity index (χ4n) is 1.05. The van der Waals surface area contributed by atoms with Crippen LogP contribution in [0.2, 0.25) is 0 Å². The van der Waals surface area contributed by atoms with Gasteiger partial charge in [0.25, 0.3) is 0 Å². The number of fused-ring (bicyclic) bond motifs is 1. The second kappa shape index (κ2) is 4.14. The number of aromatic nitrogens is 3. The highest BCUT2D eigenvalue weighted by molar-refractivity contribution is 14.1. The first-order valence-corrected chi connectivity index (χ1v) is 5.00. The lowest BCUT2D eigenvalue weighted by molar-refractivity contribution is 0.446. The molecule has 0 atom stereocenters. The molecule has 2 aromatic heterocycles. The molecule has 7 heteroatoms. The topological polar surface area (TPSA) is 51.5 Å². The Bertz CT molecular complexity index is 446. The molecule has 0 aliphatic heterocycles. The van der Waals surface area contributed by atoms with Gasteiger partial charge < -0.3 is 9.88 Å². The number of hydrogen-bond acceptors (Lipinski definition) is 4. The third-order valence-corrected chi connectivity index (χ3v) is 2.19. The fourth-order valence-corrected chi connectivity index (χ4v) is 1.46. The number of rotatable bonds is 3. The molecule has 0 aromatic carbocycles. The first-order valence-electron chi connectivity index (χ1n) is 3.92. The van der Waals surface area contributed by atoms with Crippen LogP contribution in [-0.2, 0) is 4.65 Å². The number of nitrogens with zero attached hydrogens (tertiary/aromatic N) is 3. The molecule has 0 unspecified atom stereocenters. The first kappa shape index (κ1) is 9.72.